The second kappa shape index (κ2) is 7.36. The molecule has 128 valence electrons. The topological polar surface area (TPSA) is 35.6 Å². The molecule has 3 rings (SSSR count). The van der Waals surface area contributed by atoms with Gasteiger partial charge < -0.3 is 10.2 Å². The zero-order valence-electron chi connectivity index (χ0n) is 14.6. The predicted octanol–water partition coefficient (Wildman–Crippen LogP) is 3.05. The SMILES string of the molecule is C[C@@H]1c2ccsc2CCN1CC(=O)NCc1ccc(N(C)C)cc1. The Kier molecular flexibility index (Phi) is 5.21. The van der Waals surface area contributed by atoms with Gasteiger partial charge in [-0.05, 0) is 48.1 Å². The zero-order valence-corrected chi connectivity index (χ0v) is 15.4. The van der Waals surface area contributed by atoms with E-state index in [1.165, 1.54) is 16.1 Å². The summed E-state index contributed by atoms with van der Waals surface area (Å²) in [4.78, 5) is 18.1. The van der Waals surface area contributed by atoms with Crippen LogP contribution in [0.2, 0.25) is 0 Å². The molecule has 1 aromatic carbocycles. The highest BCUT2D eigenvalue weighted by Crippen LogP contribution is 2.32. The highest BCUT2D eigenvalue weighted by molar-refractivity contribution is 7.10. The third-order valence-electron chi connectivity index (χ3n) is 4.69. The first-order valence-electron chi connectivity index (χ1n) is 8.38. The summed E-state index contributed by atoms with van der Waals surface area (Å²) in [6.45, 7) is 4.20. The first-order valence-corrected chi connectivity index (χ1v) is 9.26. The standard InChI is InChI=1S/C19H25N3OS/c1-14-17-9-11-24-18(17)8-10-22(14)13-19(23)20-12-15-4-6-16(7-5-15)21(2)3/h4-7,9,11,14H,8,10,12-13H2,1-3H3,(H,20,23)/t14-/m1/s1. The summed E-state index contributed by atoms with van der Waals surface area (Å²) in [6, 6.07) is 10.8. The second-order valence-electron chi connectivity index (χ2n) is 6.53. The highest BCUT2D eigenvalue weighted by Gasteiger charge is 2.25. The molecule has 2 heterocycles. The zero-order chi connectivity index (χ0) is 17.1. The lowest BCUT2D eigenvalue weighted by molar-refractivity contribution is -0.123. The fourth-order valence-corrected chi connectivity index (χ4v) is 4.09. The molecule has 1 aromatic heterocycles. The molecule has 1 N–H and O–H groups in total. The quantitative estimate of drug-likeness (QED) is 0.906. The number of nitrogens with one attached hydrogen (secondary N) is 1. The Morgan fingerprint density at radius 2 is 2.04 bits per heavy atom. The van der Waals surface area contributed by atoms with Crippen molar-refractivity contribution in [2.45, 2.75) is 25.9 Å². The number of thiophene rings is 1. The van der Waals surface area contributed by atoms with Gasteiger partial charge in [-0.2, -0.15) is 0 Å². The monoisotopic (exact) mass is 343 g/mol. The molecule has 0 unspecified atom stereocenters. The number of carbonyl (C=O) groups is 1. The Morgan fingerprint density at radius 3 is 2.75 bits per heavy atom. The molecule has 0 radical (unpaired) electrons. The van der Waals surface area contributed by atoms with E-state index in [1.54, 1.807) is 0 Å². The van der Waals surface area contributed by atoms with Gasteiger partial charge in [-0.25, -0.2) is 0 Å². The number of rotatable bonds is 5. The summed E-state index contributed by atoms with van der Waals surface area (Å²) in [5, 5.41) is 5.20. The maximum absolute atomic E-state index is 12.3. The van der Waals surface area contributed by atoms with Crippen LogP contribution >= 0.6 is 11.3 Å². The molecule has 0 aliphatic carbocycles. The number of benzene rings is 1. The molecule has 0 bridgehead atoms. The minimum absolute atomic E-state index is 0.0946. The lowest BCUT2D eigenvalue weighted by Crippen LogP contribution is -2.41. The van der Waals surface area contributed by atoms with Crippen molar-refractivity contribution >= 4 is 22.9 Å². The number of fused-ring (bicyclic) bond motifs is 1. The molecule has 0 saturated heterocycles. The summed E-state index contributed by atoms with van der Waals surface area (Å²) in [7, 11) is 4.05. The van der Waals surface area contributed by atoms with Crippen LogP contribution in [0.25, 0.3) is 0 Å². The average Bonchev–Trinajstić information content (AvgIpc) is 3.05. The predicted molar refractivity (Wildman–Crippen MR) is 101 cm³/mol. The summed E-state index contributed by atoms with van der Waals surface area (Å²) in [6.07, 6.45) is 1.05. The van der Waals surface area contributed by atoms with Crippen molar-refractivity contribution in [3.8, 4) is 0 Å². The van der Waals surface area contributed by atoms with Crippen molar-refractivity contribution in [1.82, 2.24) is 10.2 Å². The molecular formula is C19H25N3OS. The van der Waals surface area contributed by atoms with Gasteiger partial charge in [0, 0.05) is 43.8 Å². The van der Waals surface area contributed by atoms with E-state index in [0.29, 0.717) is 19.1 Å². The van der Waals surface area contributed by atoms with Crippen LogP contribution in [0.1, 0.15) is 29.0 Å². The minimum Gasteiger partial charge on any atom is -0.378 e. The number of hydrogen-bond acceptors (Lipinski definition) is 4. The first-order chi connectivity index (χ1) is 11.5. The molecule has 1 amide bonds. The van der Waals surface area contributed by atoms with Gasteiger partial charge >= 0.3 is 0 Å². The molecule has 24 heavy (non-hydrogen) atoms. The molecule has 4 nitrogen and oxygen atoms in total. The second-order valence-corrected chi connectivity index (χ2v) is 7.53. The lowest BCUT2D eigenvalue weighted by Gasteiger charge is -2.32. The molecule has 5 heteroatoms. The molecular weight excluding hydrogens is 318 g/mol. The third kappa shape index (κ3) is 3.79. The van der Waals surface area contributed by atoms with Crippen LogP contribution in [0.4, 0.5) is 5.69 Å². The van der Waals surface area contributed by atoms with E-state index in [1.807, 2.05) is 25.4 Å². The van der Waals surface area contributed by atoms with Gasteiger partial charge in [0.1, 0.15) is 0 Å². The Balaban J connectivity index is 1.51. The van der Waals surface area contributed by atoms with E-state index in [9.17, 15) is 4.79 Å². The Labute approximate surface area is 148 Å². The van der Waals surface area contributed by atoms with E-state index < -0.39 is 0 Å². The highest BCUT2D eigenvalue weighted by atomic mass is 32.1. The van der Waals surface area contributed by atoms with Crippen LogP contribution in [0.3, 0.4) is 0 Å². The van der Waals surface area contributed by atoms with Crippen molar-refractivity contribution in [3.63, 3.8) is 0 Å². The third-order valence-corrected chi connectivity index (χ3v) is 5.69. The maximum atomic E-state index is 12.3. The van der Waals surface area contributed by atoms with Gasteiger partial charge in [0.25, 0.3) is 0 Å². The van der Waals surface area contributed by atoms with Crippen LogP contribution in [-0.2, 0) is 17.8 Å². The number of anilines is 1. The first kappa shape index (κ1) is 17.0. The summed E-state index contributed by atoms with van der Waals surface area (Å²) >= 11 is 1.83. The summed E-state index contributed by atoms with van der Waals surface area (Å²) in [5.74, 6) is 0.0946. The summed E-state index contributed by atoms with van der Waals surface area (Å²) in [5.41, 5.74) is 3.68. The van der Waals surface area contributed by atoms with Crippen molar-refractivity contribution in [2.75, 3.05) is 32.1 Å². The van der Waals surface area contributed by atoms with Crippen LogP contribution in [0.5, 0.6) is 0 Å². The van der Waals surface area contributed by atoms with Gasteiger partial charge in [-0.15, -0.1) is 11.3 Å². The van der Waals surface area contributed by atoms with E-state index >= 15 is 0 Å². The van der Waals surface area contributed by atoms with Gasteiger partial charge in [0.05, 0.1) is 6.54 Å². The fraction of sp³-hybridized carbons (Fsp3) is 0.421. The molecule has 0 fully saturated rings. The van der Waals surface area contributed by atoms with Gasteiger partial charge in [0.15, 0.2) is 0 Å². The largest absolute Gasteiger partial charge is 0.378 e. The number of hydrogen-bond donors (Lipinski definition) is 1. The van der Waals surface area contributed by atoms with Crippen LogP contribution in [-0.4, -0.2) is 38.0 Å². The molecule has 1 atom stereocenters. The van der Waals surface area contributed by atoms with Crippen LogP contribution < -0.4 is 10.2 Å². The van der Waals surface area contributed by atoms with Gasteiger partial charge in [0.2, 0.25) is 5.91 Å². The normalized spacial score (nSPS) is 17.4. The lowest BCUT2D eigenvalue weighted by atomic mass is 10.0. The molecule has 1 aliphatic heterocycles. The molecule has 0 spiro atoms. The number of nitrogens with zero attached hydrogens (tertiary/aromatic N) is 2. The molecule has 0 saturated carbocycles. The average molecular weight is 343 g/mol. The van der Waals surface area contributed by atoms with E-state index in [-0.39, 0.29) is 5.91 Å². The van der Waals surface area contributed by atoms with E-state index in [2.05, 4.69) is 57.8 Å². The Morgan fingerprint density at radius 1 is 1.29 bits per heavy atom. The Bertz CT molecular complexity index is 693. The molecule has 2 aromatic rings. The van der Waals surface area contributed by atoms with E-state index in [0.717, 1.165) is 18.5 Å². The summed E-state index contributed by atoms with van der Waals surface area (Å²) < 4.78 is 0. The van der Waals surface area contributed by atoms with Gasteiger partial charge in [-0.1, -0.05) is 12.1 Å². The van der Waals surface area contributed by atoms with Crippen LogP contribution in [0.15, 0.2) is 35.7 Å². The van der Waals surface area contributed by atoms with Crippen molar-refractivity contribution in [2.24, 2.45) is 0 Å². The minimum atomic E-state index is 0.0946. The number of amides is 1. The van der Waals surface area contributed by atoms with Crippen molar-refractivity contribution in [1.29, 1.82) is 0 Å². The van der Waals surface area contributed by atoms with Gasteiger partial charge in [-0.3, -0.25) is 9.69 Å². The fourth-order valence-electron chi connectivity index (χ4n) is 3.13. The Hall–Kier alpha value is -1.85. The maximum Gasteiger partial charge on any atom is 0.234 e. The van der Waals surface area contributed by atoms with E-state index in [4.69, 9.17) is 0 Å². The van der Waals surface area contributed by atoms with Crippen molar-refractivity contribution < 1.29 is 4.79 Å². The van der Waals surface area contributed by atoms with Crippen molar-refractivity contribution in [3.05, 3.63) is 51.7 Å². The smallest absolute Gasteiger partial charge is 0.234 e. The molecule has 1 aliphatic rings. The number of carbonyl (C=O) groups excluding carboxylic acids is 1. The van der Waals surface area contributed by atoms with Crippen LogP contribution in [0, 0.1) is 0 Å².